The Labute approximate surface area is 160 Å². The monoisotopic (exact) mass is 376 g/mol. The molecule has 0 saturated heterocycles. The van der Waals surface area contributed by atoms with Gasteiger partial charge in [-0.25, -0.2) is 5.10 Å². The lowest BCUT2D eigenvalue weighted by atomic mass is 9.99. The lowest BCUT2D eigenvalue weighted by molar-refractivity contribution is 0.723. The molecule has 0 bridgehead atoms. The number of rotatable bonds is 4. The smallest absolute Gasteiger partial charge is 0.272 e. The van der Waals surface area contributed by atoms with E-state index < -0.39 is 0 Å². The molecule has 0 radical (unpaired) electrons. The summed E-state index contributed by atoms with van der Waals surface area (Å²) in [6.45, 7) is 2.72. The molecule has 0 spiro atoms. The molecule has 8 heteroatoms. The highest BCUT2D eigenvalue weighted by atomic mass is 16.1. The van der Waals surface area contributed by atoms with Gasteiger partial charge in [0.25, 0.3) is 11.1 Å². The first-order valence-electron chi connectivity index (χ1n) is 8.98. The van der Waals surface area contributed by atoms with Gasteiger partial charge in [-0.3, -0.25) is 14.3 Å². The van der Waals surface area contributed by atoms with Crippen LogP contribution in [0.2, 0.25) is 0 Å². The molecule has 4 aromatic rings. The number of nitrogens with one attached hydrogen (secondary N) is 1. The van der Waals surface area contributed by atoms with E-state index in [1.807, 2.05) is 25.1 Å². The molecular formula is C20H20N6O2. The van der Waals surface area contributed by atoms with E-state index in [0.29, 0.717) is 28.6 Å². The molecule has 3 aromatic heterocycles. The van der Waals surface area contributed by atoms with Crippen molar-refractivity contribution in [1.82, 2.24) is 24.5 Å². The van der Waals surface area contributed by atoms with E-state index in [9.17, 15) is 9.59 Å². The molecule has 4 rings (SSSR count). The first kappa shape index (κ1) is 17.9. The summed E-state index contributed by atoms with van der Waals surface area (Å²) in [6, 6.07) is 9.12. The highest BCUT2D eigenvalue weighted by Crippen LogP contribution is 2.31. The lowest BCUT2D eigenvalue weighted by Crippen LogP contribution is -2.20. The lowest BCUT2D eigenvalue weighted by Gasteiger charge is -2.10. The predicted octanol–water partition coefficient (Wildman–Crippen LogP) is 1.63. The normalized spacial score (nSPS) is 11.2. The van der Waals surface area contributed by atoms with E-state index in [0.717, 1.165) is 16.8 Å². The van der Waals surface area contributed by atoms with E-state index in [2.05, 4.69) is 15.3 Å². The molecule has 1 aromatic carbocycles. The third-order valence-corrected chi connectivity index (χ3v) is 4.93. The van der Waals surface area contributed by atoms with Crippen molar-refractivity contribution in [3.05, 3.63) is 69.1 Å². The summed E-state index contributed by atoms with van der Waals surface area (Å²) in [4.78, 5) is 24.9. The zero-order valence-electron chi connectivity index (χ0n) is 15.6. The van der Waals surface area contributed by atoms with Crippen LogP contribution in [0, 0.1) is 0 Å². The number of fused-ring (bicyclic) bond motifs is 1. The number of benzene rings is 1. The van der Waals surface area contributed by atoms with Crippen molar-refractivity contribution in [2.45, 2.75) is 20.0 Å². The van der Waals surface area contributed by atoms with Gasteiger partial charge in [-0.15, -0.1) is 0 Å². The fourth-order valence-corrected chi connectivity index (χ4v) is 3.48. The van der Waals surface area contributed by atoms with E-state index in [1.165, 1.54) is 0 Å². The number of H-pyrrole nitrogens is 1. The highest BCUT2D eigenvalue weighted by molar-refractivity contribution is 5.91. The molecule has 0 saturated carbocycles. The fourth-order valence-electron chi connectivity index (χ4n) is 3.48. The molecule has 3 heterocycles. The van der Waals surface area contributed by atoms with Gasteiger partial charge in [0.15, 0.2) is 0 Å². The summed E-state index contributed by atoms with van der Waals surface area (Å²) in [5.74, 6) is 0. The quantitative estimate of drug-likeness (QED) is 0.562. The standard InChI is InChI=1S/C20H20N6O2/c1-3-26-8-4-5-14(20(26)28)18-16(11-22-25(18)2)12-6-7-13-15(9-12)17(10-21)23-24-19(13)27/h4-9,11H,3,10,21H2,1-2H3,(H,24,27). The molecular weight excluding hydrogens is 356 g/mol. The summed E-state index contributed by atoms with van der Waals surface area (Å²) in [5.41, 5.74) is 8.99. The zero-order chi connectivity index (χ0) is 19.8. The number of aryl methyl sites for hydroxylation is 2. The van der Waals surface area contributed by atoms with E-state index in [-0.39, 0.29) is 17.7 Å². The van der Waals surface area contributed by atoms with E-state index in [1.54, 1.807) is 40.8 Å². The van der Waals surface area contributed by atoms with Crippen LogP contribution in [-0.2, 0) is 20.1 Å². The van der Waals surface area contributed by atoms with Gasteiger partial charge in [0.1, 0.15) is 0 Å². The molecule has 0 amide bonds. The van der Waals surface area contributed by atoms with Crippen LogP contribution >= 0.6 is 0 Å². The van der Waals surface area contributed by atoms with Crippen LogP contribution in [-0.4, -0.2) is 24.5 Å². The second kappa shape index (κ2) is 6.90. The van der Waals surface area contributed by atoms with Crippen LogP contribution < -0.4 is 16.9 Å². The molecule has 28 heavy (non-hydrogen) atoms. The van der Waals surface area contributed by atoms with Crippen LogP contribution in [0.3, 0.4) is 0 Å². The SMILES string of the molecule is CCn1cccc(-c2c(-c3ccc4c(=O)[nH]nc(CN)c4c3)cnn2C)c1=O. The maximum absolute atomic E-state index is 12.8. The summed E-state index contributed by atoms with van der Waals surface area (Å²) in [7, 11) is 1.81. The highest BCUT2D eigenvalue weighted by Gasteiger charge is 2.17. The number of aromatic amines is 1. The van der Waals surface area contributed by atoms with Crippen molar-refractivity contribution in [3.63, 3.8) is 0 Å². The molecule has 8 nitrogen and oxygen atoms in total. The van der Waals surface area contributed by atoms with Gasteiger partial charge in [-0.2, -0.15) is 10.2 Å². The van der Waals surface area contributed by atoms with Gasteiger partial charge in [-0.05, 0) is 36.8 Å². The summed E-state index contributed by atoms with van der Waals surface area (Å²) in [6.07, 6.45) is 3.49. The average Bonchev–Trinajstić information content (AvgIpc) is 3.09. The van der Waals surface area contributed by atoms with Gasteiger partial charge in [0, 0.05) is 37.3 Å². The maximum atomic E-state index is 12.8. The van der Waals surface area contributed by atoms with Crippen LogP contribution in [0.1, 0.15) is 12.6 Å². The van der Waals surface area contributed by atoms with Gasteiger partial charge in [-0.1, -0.05) is 6.07 Å². The van der Waals surface area contributed by atoms with Crippen molar-refractivity contribution >= 4 is 10.8 Å². The van der Waals surface area contributed by atoms with Crippen molar-refractivity contribution in [2.75, 3.05) is 0 Å². The van der Waals surface area contributed by atoms with Crippen LogP contribution in [0.4, 0.5) is 0 Å². The number of pyridine rings is 1. The van der Waals surface area contributed by atoms with Crippen molar-refractivity contribution in [3.8, 4) is 22.4 Å². The number of nitrogens with two attached hydrogens (primary N) is 1. The number of aromatic nitrogens is 5. The van der Waals surface area contributed by atoms with Crippen molar-refractivity contribution in [2.24, 2.45) is 12.8 Å². The summed E-state index contributed by atoms with van der Waals surface area (Å²) < 4.78 is 3.35. The van der Waals surface area contributed by atoms with E-state index in [4.69, 9.17) is 5.73 Å². The Morgan fingerprint density at radius 2 is 1.96 bits per heavy atom. The zero-order valence-corrected chi connectivity index (χ0v) is 15.6. The van der Waals surface area contributed by atoms with E-state index >= 15 is 0 Å². The minimum Gasteiger partial charge on any atom is -0.325 e. The number of hydrogen-bond acceptors (Lipinski definition) is 5. The molecule has 142 valence electrons. The van der Waals surface area contributed by atoms with Crippen LogP contribution in [0.5, 0.6) is 0 Å². The Bertz CT molecular complexity index is 1300. The largest absolute Gasteiger partial charge is 0.325 e. The Morgan fingerprint density at radius 1 is 1.14 bits per heavy atom. The Morgan fingerprint density at radius 3 is 2.71 bits per heavy atom. The minimum absolute atomic E-state index is 0.0728. The third-order valence-electron chi connectivity index (χ3n) is 4.93. The maximum Gasteiger partial charge on any atom is 0.272 e. The topological polar surface area (TPSA) is 112 Å². The van der Waals surface area contributed by atoms with Crippen LogP contribution in [0.25, 0.3) is 33.2 Å². The fraction of sp³-hybridized carbons (Fsp3) is 0.200. The Kier molecular flexibility index (Phi) is 4.40. The summed E-state index contributed by atoms with van der Waals surface area (Å²) >= 11 is 0. The second-order valence-electron chi connectivity index (χ2n) is 6.51. The predicted molar refractivity (Wildman–Crippen MR) is 108 cm³/mol. The molecule has 0 unspecified atom stereocenters. The van der Waals surface area contributed by atoms with Gasteiger partial charge >= 0.3 is 0 Å². The molecule has 0 aliphatic rings. The Hall–Kier alpha value is -3.52. The molecule has 0 atom stereocenters. The van der Waals surface area contributed by atoms with Gasteiger partial charge in [0.2, 0.25) is 0 Å². The minimum atomic E-state index is -0.265. The number of nitrogens with zero attached hydrogens (tertiary/aromatic N) is 4. The molecule has 0 aliphatic heterocycles. The summed E-state index contributed by atoms with van der Waals surface area (Å²) in [5, 5.41) is 12.1. The first-order chi connectivity index (χ1) is 13.5. The molecule has 0 aliphatic carbocycles. The average molecular weight is 376 g/mol. The second-order valence-corrected chi connectivity index (χ2v) is 6.51. The Balaban J connectivity index is 1.98. The molecule has 3 N–H and O–H groups in total. The molecule has 0 fully saturated rings. The van der Waals surface area contributed by atoms with Crippen molar-refractivity contribution < 1.29 is 0 Å². The third kappa shape index (κ3) is 2.74. The van der Waals surface area contributed by atoms with Gasteiger partial charge in [0.05, 0.1) is 28.5 Å². The van der Waals surface area contributed by atoms with Crippen molar-refractivity contribution in [1.29, 1.82) is 0 Å². The van der Waals surface area contributed by atoms with Gasteiger partial charge < -0.3 is 10.3 Å². The first-order valence-corrected chi connectivity index (χ1v) is 8.98. The van der Waals surface area contributed by atoms with Crippen LogP contribution in [0.15, 0.2) is 52.3 Å². The number of hydrogen-bond donors (Lipinski definition) is 2.